The summed E-state index contributed by atoms with van der Waals surface area (Å²) in [6.45, 7) is 0. The van der Waals surface area contributed by atoms with E-state index in [0.717, 1.165) is 0 Å². The number of carbonyl (C=O) groups excluding carboxylic acids is 1. The number of ether oxygens (including phenoxy) is 1. The third-order valence-corrected chi connectivity index (χ3v) is 2.86. The Labute approximate surface area is 117 Å². The zero-order valence-corrected chi connectivity index (χ0v) is 11.2. The standard InChI is InChI=1S/C15H13N3O2/c1-18(13-5-3-4-6-14(13)20-2)15(19)12-8-7-11(9-16)10-17-12/h3-8,10H,1-2H3. The summed E-state index contributed by atoms with van der Waals surface area (Å²) in [5.74, 6) is 0.344. The number of hydrogen-bond acceptors (Lipinski definition) is 4. The number of hydrogen-bond donors (Lipinski definition) is 0. The van der Waals surface area contributed by atoms with E-state index in [0.29, 0.717) is 17.0 Å². The summed E-state index contributed by atoms with van der Waals surface area (Å²) in [5.41, 5.74) is 1.35. The van der Waals surface area contributed by atoms with Gasteiger partial charge in [-0.15, -0.1) is 0 Å². The molecule has 5 heteroatoms. The fourth-order valence-electron chi connectivity index (χ4n) is 1.77. The number of carbonyl (C=O) groups is 1. The molecule has 0 atom stereocenters. The molecular formula is C15H13N3O2. The molecule has 1 aromatic heterocycles. The molecule has 1 heterocycles. The molecule has 2 rings (SSSR count). The summed E-state index contributed by atoms with van der Waals surface area (Å²) in [4.78, 5) is 17.8. The van der Waals surface area contributed by atoms with Crippen molar-refractivity contribution in [3.05, 3.63) is 53.9 Å². The summed E-state index contributed by atoms with van der Waals surface area (Å²) < 4.78 is 5.23. The number of aromatic nitrogens is 1. The lowest BCUT2D eigenvalue weighted by atomic mass is 10.2. The molecule has 1 aromatic carbocycles. The number of methoxy groups -OCH3 is 1. The van der Waals surface area contributed by atoms with Crippen molar-refractivity contribution in [1.82, 2.24) is 4.98 Å². The molecule has 0 saturated heterocycles. The second-order valence-electron chi connectivity index (χ2n) is 4.08. The van der Waals surface area contributed by atoms with Crippen molar-refractivity contribution in [1.29, 1.82) is 5.26 Å². The van der Waals surface area contributed by atoms with Crippen molar-refractivity contribution >= 4 is 11.6 Å². The number of benzene rings is 1. The van der Waals surface area contributed by atoms with E-state index in [1.54, 1.807) is 32.4 Å². The predicted molar refractivity (Wildman–Crippen MR) is 74.7 cm³/mol. The number of amides is 1. The third kappa shape index (κ3) is 2.59. The van der Waals surface area contributed by atoms with Crippen LogP contribution in [0.3, 0.4) is 0 Å². The van der Waals surface area contributed by atoms with Gasteiger partial charge in [-0.2, -0.15) is 5.26 Å². The number of anilines is 1. The first kappa shape index (κ1) is 13.6. The summed E-state index contributed by atoms with van der Waals surface area (Å²) >= 11 is 0. The van der Waals surface area contributed by atoms with E-state index in [4.69, 9.17) is 10.00 Å². The Morgan fingerprint density at radius 1 is 1.30 bits per heavy atom. The highest BCUT2D eigenvalue weighted by Crippen LogP contribution is 2.27. The van der Waals surface area contributed by atoms with Crippen molar-refractivity contribution in [3.8, 4) is 11.8 Å². The van der Waals surface area contributed by atoms with Gasteiger partial charge in [-0.1, -0.05) is 12.1 Å². The van der Waals surface area contributed by atoms with E-state index >= 15 is 0 Å². The first-order valence-corrected chi connectivity index (χ1v) is 5.94. The molecule has 100 valence electrons. The Balaban J connectivity index is 2.30. The fraction of sp³-hybridized carbons (Fsp3) is 0.133. The molecular weight excluding hydrogens is 254 g/mol. The van der Waals surface area contributed by atoms with Gasteiger partial charge in [0.1, 0.15) is 17.5 Å². The van der Waals surface area contributed by atoms with Crippen LogP contribution in [0.15, 0.2) is 42.6 Å². The smallest absolute Gasteiger partial charge is 0.276 e. The van der Waals surface area contributed by atoms with Gasteiger partial charge in [0.15, 0.2) is 0 Å². The highest BCUT2D eigenvalue weighted by molar-refractivity contribution is 6.05. The van der Waals surface area contributed by atoms with Gasteiger partial charge < -0.3 is 9.64 Å². The van der Waals surface area contributed by atoms with Crippen LogP contribution in [0.1, 0.15) is 16.1 Å². The van der Waals surface area contributed by atoms with Crippen molar-refractivity contribution in [2.45, 2.75) is 0 Å². The minimum absolute atomic E-state index is 0.265. The number of rotatable bonds is 3. The van der Waals surface area contributed by atoms with E-state index in [1.165, 1.54) is 17.2 Å². The second-order valence-corrected chi connectivity index (χ2v) is 4.08. The molecule has 20 heavy (non-hydrogen) atoms. The highest BCUT2D eigenvalue weighted by Gasteiger charge is 2.17. The maximum atomic E-state index is 12.3. The van der Waals surface area contributed by atoms with Gasteiger partial charge >= 0.3 is 0 Å². The van der Waals surface area contributed by atoms with Gasteiger partial charge in [0.05, 0.1) is 18.4 Å². The number of pyridine rings is 1. The van der Waals surface area contributed by atoms with Crippen LogP contribution in [0.5, 0.6) is 5.75 Å². The summed E-state index contributed by atoms with van der Waals surface area (Å²) in [6, 6.07) is 12.3. The molecule has 0 spiro atoms. The predicted octanol–water partition coefficient (Wildman–Crippen LogP) is 2.24. The Kier molecular flexibility index (Phi) is 3.96. The Bertz CT molecular complexity index is 660. The molecule has 0 radical (unpaired) electrons. The van der Waals surface area contributed by atoms with Crippen LogP contribution < -0.4 is 9.64 Å². The normalized spacial score (nSPS) is 9.65. The molecule has 0 aliphatic heterocycles. The Morgan fingerprint density at radius 3 is 2.65 bits per heavy atom. The quantitative estimate of drug-likeness (QED) is 0.855. The molecule has 0 fully saturated rings. The maximum Gasteiger partial charge on any atom is 0.276 e. The van der Waals surface area contributed by atoms with Gasteiger partial charge in [-0.25, -0.2) is 4.98 Å². The van der Waals surface area contributed by atoms with Crippen LogP contribution in [0, 0.1) is 11.3 Å². The molecule has 0 aliphatic carbocycles. The van der Waals surface area contributed by atoms with E-state index < -0.39 is 0 Å². The summed E-state index contributed by atoms with van der Waals surface area (Å²) in [7, 11) is 3.21. The highest BCUT2D eigenvalue weighted by atomic mass is 16.5. The van der Waals surface area contributed by atoms with Gasteiger partial charge in [0, 0.05) is 13.2 Å². The molecule has 5 nitrogen and oxygen atoms in total. The monoisotopic (exact) mass is 267 g/mol. The summed E-state index contributed by atoms with van der Waals surface area (Å²) in [6.07, 6.45) is 1.38. The largest absolute Gasteiger partial charge is 0.495 e. The SMILES string of the molecule is COc1ccccc1N(C)C(=O)c1ccc(C#N)cn1. The van der Waals surface area contributed by atoms with Crippen LogP contribution in [0.4, 0.5) is 5.69 Å². The minimum atomic E-state index is -0.265. The lowest BCUT2D eigenvalue weighted by molar-refractivity contribution is 0.0987. The molecule has 0 N–H and O–H groups in total. The Hall–Kier alpha value is -2.87. The Morgan fingerprint density at radius 2 is 2.05 bits per heavy atom. The number of para-hydroxylation sites is 2. The van der Waals surface area contributed by atoms with Crippen LogP contribution >= 0.6 is 0 Å². The molecule has 1 amide bonds. The molecule has 0 unspecified atom stereocenters. The summed E-state index contributed by atoms with van der Waals surface area (Å²) in [5, 5.41) is 8.72. The van der Waals surface area contributed by atoms with Crippen molar-refractivity contribution < 1.29 is 9.53 Å². The lowest BCUT2D eigenvalue weighted by Crippen LogP contribution is -2.27. The van der Waals surface area contributed by atoms with Crippen LogP contribution in [0.2, 0.25) is 0 Å². The first-order chi connectivity index (χ1) is 9.67. The molecule has 0 saturated carbocycles. The van der Waals surface area contributed by atoms with Gasteiger partial charge in [-0.05, 0) is 24.3 Å². The second kappa shape index (κ2) is 5.85. The zero-order valence-electron chi connectivity index (χ0n) is 11.2. The average molecular weight is 267 g/mol. The van der Waals surface area contributed by atoms with E-state index in [2.05, 4.69) is 4.98 Å². The van der Waals surface area contributed by atoms with Crippen molar-refractivity contribution in [2.75, 3.05) is 19.1 Å². The van der Waals surface area contributed by atoms with Crippen molar-refractivity contribution in [2.24, 2.45) is 0 Å². The molecule has 0 aliphatic rings. The van der Waals surface area contributed by atoms with Gasteiger partial charge in [-0.3, -0.25) is 4.79 Å². The molecule has 2 aromatic rings. The van der Waals surface area contributed by atoms with Crippen molar-refractivity contribution in [3.63, 3.8) is 0 Å². The van der Waals surface area contributed by atoms with E-state index in [-0.39, 0.29) is 11.6 Å². The number of nitrogens with zero attached hydrogens (tertiary/aromatic N) is 3. The third-order valence-electron chi connectivity index (χ3n) is 2.86. The first-order valence-electron chi connectivity index (χ1n) is 5.94. The maximum absolute atomic E-state index is 12.3. The van der Waals surface area contributed by atoms with Crippen LogP contribution in [0.25, 0.3) is 0 Å². The lowest BCUT2D eigenvalue weighted by Gasteiger charge is -2.19. The molecule has 0 bridgehead atoms. The minimum Gasteiger partial charge on any atom is -0.495 e. The number of nitriles is 1. The van der Waals surface area contributed by atoms with Gasteiger partial charge in [0.2, 0.25) is 0 Å². The average Bonchev–Trinajstić information content (AvgIpc) is 2.53. The van der Waals surface area contributed by atoms with Crippen LogP contribution in [-0.4, -0.2) is 25.0 Å². The van der Waals surface area contributed by atoms with E-state index in [1.807, 2.05) is 18.2 Å². The van der Waals surface area contributed by atoms with E-state index in [9.17, 15) is 4.79 Å². The zero-order chi connectivity index (χ0) is 14.5. The topological polar surface area (TPSA) is 66.2 Å². The van der Waals surface area contributed by atoms with Gasteiger partial charge in [0.25, 0.3) is 5.91 Å². The van der Waals surface area contributed by atoms with Crippen LogP contribution in [-0.2, 0) is 0 Å². The fourth-order valence-corrected chi connectivity index (χ4v) is 1.77.